The molecule has 0 aliphatic rings. The first-order chi connectivity index (χ1) is 22.6. The average Bonchev–Trinajstić information content (AvgIpc) is 3.08. The molecule has 0 spiro atoms. The van der Waals surface area contributed by atoms with Gasteiger partial charge in [-0.3, -0.25) is 0 Å². The van der Waals surface area contributed by atoms with E-state index >= 15 is 0 Å². The molecule has 0 aliphatic carbocycles. The molecule has 0 saturated heterocycles. The molecule has 0 unspecified atom stereocenters. The first-order valence-corrected chi connectivity index (χ1v) is 17.1. The molecule has 248 valence electrons. The fraction of sp³-hybridized carbons (Fsp3) is 0.462. The van der Waals surface area contributed by atoms with E-state index in [0.717, 1.165) is 37.3 Å². The van der Waals surface area contributed by atoms with E-state index in [1.165, 1.54) is 57.8 Å². The monoisotopic (exact) mass is 628 g/mol. The molecular formula is C39H52N2O5. The van der Waals surface area contributed by atoms with Crippen molar-refractivity contribution >= 4 is 17.3 Å². The Morgan fingerprint density at radius 3 is 1.67 bits per heavy atom. The molecule has 0 N–H and O–H groups in total. The highest BCUT2D eigenvalue weighted by molar-refractivity contribution is 5.94. The normalized spacial score (nSPS) is 11.0. The summed E-state index contributed by atoms with van der Waals surface area (Å²) in [5.41, 5.74) is 1.70. The van der Waals surface area contributed by atoms with Crippen LogP contribution in [0.3, 0.4) is 0 Å². The van der Waals surface area contributed by atoms with Crippen molar-refractivity contribution in [2.45, 2.75) is 97.3 Å². The van der Waals surface area contributed by atoms with E-state index in [1.54, 1.807) is 48.5 Å². The summed E-state index contributed by atoms with van der Waals surface area (Å²) in [6.07, 6.45) is 17.0. The number of nitrogens with zero attached hydrogens (tertiary/aromatic N) is 2. The Kier molecular flexibility index (Phi) is 17.7. The summed E-state index contributed by atoms with van der Waals surface area (Å²) in [4.78, 5) is 13.1. The minimum absolute atomic E-state index is 0.333. The average molecular weight is 629 g/mol. The fourth-order valence-electron chi connectivity index (χ4n) is 4.74. The van der Waals surface area contributed by atoms with Crippen LogP contribution in [0.25, 0.3) is 0 Å². The van der Waals surface area contributed by atoms with Crippen molar-refractivity contribution in [3.8, 4) is 23.0 Å². The summed E-state index contributed by atoms with van der Waals surface area (Å²) in [5.74, 6) is 1.82. The second-order valence-electron chi connectivity index (χ2n) is 11.4. The maximum Gasteiger partial charge on any atom is 0.347 e. The molecule has 7 heteroatoms. The number of hydrogen-bond donors (Lipinski definition) is 0. The minimum Gasteiger partial charge on any atom is -0.494 e. The third-order valence-electron chi connectivity index (χ3n) is 7.45. The molecular weight excluding hydrogens is 576 g/mol. The SMILES string of the molecule is C=CCCOc1cc(OCCCCCCCC)ccc1C(=O)Oc1ccc(N=Nc2ccc(OCCCCCCCC)cc2)cc1. The molecule has 7 nitrogen and oxygen atoms in total. The Hall–Kier alpha value is -4.13. The fourth-order valence-corrected chi connectivity index (χ4v) is 4.74. The van der Waals surface area contributed by atoms with Crippen molar-refractivity contribution in [3.05, 3.63) is 84.9 Å². The highest BCUT2D eigenvalue weighted by Gasteiger charge is 2.17. The summed E-state index contributed by atoms with van der Waals surface area (Å²) in [7, 11) is 0. The summed E-state index contributed by atoms with van der Waals surface area (Å²) in [6, 6.07) is 19.7. The first kappa shape index (κ1) is 36.3. The van der Waals surface area contributed by atoms with Crippen LogP contribution in [0.15, 0.2) is 89.6 Å². The Morgan fingerprint density at radius 2 is 1.11 bits per heavy atom. The van der Waals surface area contributed by atoms with Crippen molar-refractivity contribution in [2.24, 2.45) is 10.2 Å². The van der Waals surface area contributed by atoms with Gasteiger partial charge in [0.15, 0.2) is 0 Å². The van der Waals surface area contributed by atoms with Gasteiger partial charge in [0.25, 0.3) is 0 Å². The van der Waals surface area contributed by atoms with Crippen LogP contribution in [0.5, 0.6) is 23.0 Å². The topological polar surface area (TPSA) is 78.7 Å². The third-order valence-corrected chi connectivity index (χ3v) is 7.45. The smallest absolute Gasteiger partial charge is 0.347 e. The number of esters is 1. The molecule has 0 aliphatic heterocycles. The molecule has 0 atom stereocenters. The third kappa shape index (κ3) is 14.3. The molecule has 0 amide bonds. The van der Waals surface area contributed by atoms with Crippen molar-refractivity contribution < 1.29 is 23.7 Å². The predicted octanol–water partition coefficient (Wildman–Crippen LogP) is 11.8. The lowest BCUT2D eigenvalue weighted by molar-refractivity contribution is 0.0730. The van der Waals surface area contributed by atoms with Crippen LogP contribution >= 0.6 is 0 Å². The van der Waals surface area contributed by atoms with Gasteiger partial charge in [0.05, 0.1) is 31.2 Å². The molecule has 46 heavy (non-hydrogen) atoms. The van der Waals surface area contributed by atoms with Crippen LogP contribution in [0.4, 0.5) is 11.4 Å². The largest absolute Gasteiger partial charge is 0.494 e. The Morgan fingerprint density at radius 1 is 0.609 bits per heavy atom. The van der Waals surface area contributed by atoms with Gasteiger partial charge in [0, 0.05) is 6.07 Å². The number of azo groups is 1. The molecule has 0 radical (unpaired) electrons. The second-order valence-corrected chi connectivity index (χ2v) is 11.4. The molecule has 0 aromatic heterocycles. The van der Waals surface area contributed by atoms with Crippen molar-refractivity contribution in [3.63, 3.8) is 0 Å². The Bertz CT molecular complexity index is 1300. The van der Waals surface area contributed by atoms with E-state index in [9.17, 15) is 4.79 Å². The zero-order valence-corrected chi connectivity index (χ0v) is 27.9. The first-order valence-electron chi connectivity index (χ1n) is 17.1. The summed E-state index contributed by atoms with van der Waals surface area (Å²) < 4.78 is 23.4. The van der Waals surface area contributed by atoms with Gasteiger partial charge in [0.2, 0.25) is 0 Å². The molecule has 0 bridgehead atoms. The van der Waals surface area contributed by atoms with E-state index in [-0.39, 0.29) is 0 Å². The van der Waals surface area contributed by atoms with E-state index < -0.39 is 5.97 Å². The van der Waals surface area contributed by atoms with Crippen molar-refractivity contribution in [2.75, 3.05) is 19.8 Å². The van der Waals surface area contributed by atoms with Gasteiger partial charge < -0.3 is 18.9 Å². The second kappa shape index (κ2) is 22.4. The standard InChI is InChI=1S/C39H52N2O5/c1-4-7-10-12-14-16-29-43-34-22-18-32(19-23-34)40-41-33-20-24-35(25-21-33)46-39(42)37-27-26-36(31-38(37)45-28-9-6-3)44-30-17-15-13-11-8-5-2/h6,18-27,31H,3-5,7-17,28-30H2,1-2H3. The number of unbranched alkanes of at least 4 members (excludes halogenated alkanes) is 10. The minimum atomic E-state index is -0.510. The van der Waals surface area contributed by atoms with Crippen LogP contribution in [0, 0.1) is 0 Å². The van der Waals surface area contributed by atoms with Crippen molar-refractivity contribution in [1.82, 2.24) is 0 Å². The van der Waals surface area contributed by atoms with Crippen LogP contribution in [-0.4, -0.2) is 25.8 Å². The van der Waals surface area contributed by atoms with E-state index in [4.69, 9.17) is 18.9 Å². The number of rotatable bonds is 24. The Labute approximate surface area is 276 Å². The van der Waals surface area contributed by atoms with E-state index in [0.29, 0.717) is 48.1 Å². The van der Waals surface area contributed by atoms with Gasteiger partial charge in [-0.25, -0.2) is 4.79 Å². The number of ether oxygens (including phenoxy) is 4. The number of hydrogen-bond acceptors (Lipinski definition) is 7. The maximum absolute atomic E-state index is 13.1. The summed E-state index contributed by atoms with van der Waals surface area (Å²) in [6.45, 7) is 9.96. The molecule has 0 heterocycles. The van der Waals surface area contributed by atoms with Crippen LogP contribution in [-0.2, 0) is 0 Å². The van der Waals surface area contributed by atoms with Gasteiger partial charge in [-0.1, -0.05) is 84.1 Å². The summed E-state index contributed by atoms with van der Waals surface area (Å²) in [5, 5.41) is 8.63. The predicted molar refractivity (Wildman–Crippen MR) is 187 cm³/mol. The molecule has 3 aromatic carbocycles. The van der Waals surface area contributed by atoms with E-state index in [1.807, 2.05) is 24.3 Å². The van der Waals surface area contributed by atoms with Crippen LogP contribution < -0.4 is 18.9 Å². The molecule has 0 fully saturated rings. The highest BCUT2D eigenvalue weighted by atomic mass is 16.5. The molecule has 3 aromatic rings. The van der Waals surface area contributed by atoms with Gasteiger partial charge >= 0.3 is 5.97 Å². The number of carbonyl (C=O) groups excluding carboxylic acids is 1. The Balaban J connectivity index is 1.50. The van der Waals surface area contributed by atoms with Crippen LogP contribution in [0.2, 0.25) is 0 Å². The zero-order valence-electron chi connectivity index (χ0n) is 27.9. The number of carbonyl (C=O) groups is 1. The quantitative estimate of drug-likeness (QED) is 0.0324. The highest BCUT2D eigenvalue weighted by Crippen LogP contribution is 2.28. The maximum atomic E-state index is 13.1. The van der Waals surface area contributed by atoms with Crippen LogP contribution in [0.1, 0.15) is 108 Å². The van der Waals surface area contributed by atoms with Gasteiger partial charge in [-0.2, -0.15) is 10.2 Å². The zero-order chi connectivity index (χ0) is 32.7. The van der Waals surface area contributed by atoms with Gasteiger partial charge in [-0.15, -0.1) is 6.58 Å². The lowest BCUT2D eigenvalue weighted by atomic mass is 10.1. The molecule has 3 rings (SSSR count). The lowest BCUT2D eigenvalue weighted by Crippen LogP contribution is -2.11. The number of benzene rings is 3. The van der Waals surface area contributed by atoms with E-state index in [2.05, 4.69) is 30.7 Å². The van der Waals surface area contributed by atoms with Gasteiger partial charge in [0.1, 0.15) is 28.6 Å². The van der Waals surface area contributed by atoms with Crippen molar-refractivity contribution in [1.29, 1.82) is 0 Å². The lowest BCUT2D eigenvalue weighted by Gasteiger charge is -2.13. The van der Waals surface area contributed by atoms with Gasteiger partial charge in [-0.05, 0) is 79.9 Å². The summed E-state index contributed by atoms with van der Waals surface area (Å²) >= 11 is 0. The molecule has 0 saturated carbocycles.